The Labute approximate surface area is 160 Å². The molecule has 2 aromatic rings. The van der Waals surface area contributed by atoms with Gasteiger partial charge in [-0.05, 0) is 31.5 Å². The number of rotatable bonds is 7. The Hall–Kier alpha value is -2.66. The van der Waals surface area contributed by atoms with Gasteiger partial charge in [-0.15, -0.1) is 0 Å². The van der Waals surface area contributed by atoms with Crippen molar-refractivity contribution >= 4 is 33.5 Å². The molecule has 7 nitrogen and oxygen atoms in total. The van der Waals surface area contributed by atoms with Gasteiger partial charge in [-0.25, -0.2) is 0 Å². The van der Waals surface area contributed by atoms with Gasteiger partial charge in [-0.3, -0.25) is 4.79 Å². The quantitative estimate of drug-likeness (QED) is 0.737. The molecule has 1 atom stereocenters. The van der Waals surface area contributed by atoms with E-state index in [0.717, 1.165) is 10.0 Å². The first kappa shape index (κ1) is 19.7. The first-order chi connectivity index (χ1) is 12.4. The van der Waals surface area contributed by atoms with E-state index in [2.05, 4.69) is 25.9 Å². The number of likely N-dealkylation sites (N-methyl/N-ethyl adjacent to an activating group) is 1. The lowest BCUT2D eigenvalue weighted by atomic mass is 10.0. The van der Waals surface area contributed by atoms with Crippen molar-refractivity contribution in [1.82, 2.24) is 9.97 Å². The molecule has 0 bridgehead atoms. The van der Waals surface area contributed by atoms with Gasteiger partial charge in [-0.1, -0.05) is 28.1 Å². The Morgan fingerprint density at radius 1 is 1.46 bits per heavy atom. The predicted octanol–water partition coefficient (Wildman–Crippen LogP) is 2.73. The maximum absolute atomic E-state index is 12.7. The van der Waals surface area contributed by atoms with Gasteiger partial charge < -0.3 is 15.4 Å². The van der Waals surface area contributed by atoms with E-state index < -0.39 is 6.04 Å². The van der Waals surface area contributed by atoms with Crippen molar-refractivity contribution in [2.45, 2.75) is 26.3 Å². The fourth-order valence-electron chi connectivity index (χ4n) is 2.43. The van der Waals surface area contributed by atoms with Crippen LogP contribution in [0.3, 0.4) is 0 Å². The highest BCUT2D eigenvalue weighted by Gasteiger charge is 2.25. The van der Waals surface area contributed by atoms with Gasteiger partial charge in [0, 0.05) is 17.9 Å². The van der Waals surface area contributed by atoms with Crippen molar-refractivity contribution in [1.29, 1.82) is 5.26 Å². The Balaban J connectivity index is 2.28. The molecule has 0 aliphatic rings. The van der Waals surface area contributed by atoms with E-state index in [0.29, 0.717) is 6.61 Å². The van der Waals surface area contributed by atoms with Crippen LogP contribution in [0.15, 0.2) is 28.7 Å². The second kappa shape index (κ2) is 8.63. The number of nitrogen functional groups attached to an aromatic ring is 1. The van der Waals surface area contributed by atoms with E-state index in [1.54, 1.807) is 25.8 Å². The van der Waals surface area contributed by atoms with Crippen molar-refractivity contribution in [2.24, 2.45) is 0 Å². The normalized spacial score (nSPS) is 11.5. The predicted molar refractivity (Wildman–Crippen MR) is 103 cm³/mol. The van der Waals surface area contributed by atoms with Crippen LogP contribution in [0.1, 0.15) is 25.0 Å². The second-order valence-corrected chi connectivity index (χ2v) is 6.61. The number of hydrogen-bond acceptors (Lipinski definition) is 7. The maximum Gasteiger partial charge on any atom is 0.238 e. The summed E-state index contributed by atoms with van der Waals surface area (Å²) in [6, 6.07) is 9.12. The summed E-state index contributed by atoms with van der Waals surface area (Å²) >= 11 is 3.40. The molecule has 0 fully saturated rings. The number of anilines is 2. The molecule has 2 rings (SSSR count). The Morgan fingerprint density at radius 3 is 2.81 bits per heavy atom. The summed E-state index contributed by atoms with van der Waals surface area (Å²) in [6.07, 6.45) is 0.270. The van der Waals surface area contributed by atoms with Gasteiger partial charge in [-0.2, -0.15) is 15.2 Å². The standard InChI is InChI=1S/C18H20BrN5O2/c1-4-26-17-14(10-20)16(22-18(21)23-17)24(3)11(2)15(25)9-12-6-5-7-13(19)8-12/h5-8,11H,4,9H2,1-3H3,(H2,21,22,23)/t11-/m0/s1. The van der Waals surface area contributed by atoms with Gasteiger partial charge in [0.05, 0.1) is 12.6 Å². The van der Waals surface area contributed by atoms with Crippen molar-refractivity contribution in [3.8, 4) is 11.9 Å². The number of carbonyl (C=O) groups is 1. The summed E-state index contributed by atoms with van der Waals surface area (Å²) in [6.45, 7) is 3.89. The number of benzene rings is 1. The monoisotopic (exact) mass is 417 g/mol. The number of nitrogens with zero attached hydrogens (tertiary/aromatic N) is 4. The molecule has 0 amide bonds. The molecule has 0 spiro atoms. The van der Waals surface area contributed by atoms with E-state index in [1.807, 2.05) is 30.3 Å². The number of halogens is 1. The molecule has 26 heavy (non-hydrogen) atoms. The third-order valence-corrected chi connectivity index (χ3v) is 4.41. The molecule has 1 aromatic heterocycles. The summed E-state index contributed by atoms with van der Waals surface area (Å²) in [4.78, 5) is 22.4. The van der Waals surface area contributed by atoms with Crippen LogP contribution < -0.4 is 15.4 Å². The molecule has 1 aromatic carbocycles. The minimum absolute atomic E-state index is 0.00960. The highest BCUT2D eigenvalue weighted by atomic mass is 79.9. The lowest BCUT2D eigenvalue weighted by molar-refractivity contribution is -0.119. The number of nitrogens with two attached hydrogens (primary N) is 1. The van der Waals surface area contributed by atoms with Crippen LogP contribution >= 0.6 is 15.9 Å². The minimum atomic E-state index is -0.509. The van der Waals surface area contributed by atoms with Crippen molar-refractivity contribution < 1.29 is 9.53 Å². The molecular weight excluding hydrogens is 398 g/mol. The fourth-order valence-corrected chi connectivity index (χ4v) is 2.88. The highest BCUT2D eigenvalue weighted by Crippen LogP contribution is 2.27. The molecule has 8 heteroatoms. The van der Waals surface area contributed by atoms with Crippen LogP contribution in [-0.2, 0) is 11.2 Å². The Bertz CT molecular complexity index is 850. The molecule has 0 saturated carbocycles. The Morgan fingerprint density at radius 2 is 2.19 bits per heavy atom. The van der Waals surface area contributed by atoms with Gasteiger partial charge in [0.15, 0.2) is 17.2 Å². The largest absolute Gasteiger partial charge is 0.477 e. The summed E-state index contributed by atoms with van der Waals surface area (Å²) < 4.78 is 6.30. The van der Waals surface area contributed by atoms with E-state index in [1.165, 1.54) is 0 Å². The van der Waals surface area contributed by atoms with Crippen LogP contribution in [-0.4, -0.2) is 35.4 Å². The van der Waals surface area contributed by atoms with Crippen LogP contribution in [0.5, 0.6) is 5.88 Å². The van der Waals surface area contributed by atoms with Gasteiger partial charge >= 0.3 is 0 Å². The first-order valence-electron chi connectivity index (χ1n) is 8.07. The van der Waals surface area contributed by atoms with E-state index in [9.17, 15) is 10.1 Å². The van der Waals surface area contributed by atoms with Crippen LogP contribution in [0.4, 0.5) is 11.8 Å². The lowest BCUT2D eigenvalue weighted by Gasteiger charge is -2.26. The number of nitriles is 1. The van der Waals surface area contributed by atoms with Crippen LogP contribution in [0, 0.1) is 11.3 Å². The van der Waals surface area contributed by atoms with Gasteiger partial charge in [0.25, 0.3) is 0 Å². The number of Topliss-reactive ketones (excluding diaryl/α,β-unsaturated/α-hetero) is 1. The first-order valence-corrected chi connectivity index (χ1v) is 8.87. The maximum atomic E-state index is 12.7. The molecule has 1 heterocycles. The van der Waals surface area contributed by atoms with Gasteiger partial charge in [0.2, 0.25) is 11.8 Å². The van der Waals surface area contributed by atoms with E-state index in [-0.39, 0.29) is 35.4 Å². The van der Waals surface area contributed by atoms with E-state index in [4.69, 9.17) is 10.5 Å². The summed E-state index contributed by atoms with van der Waals surface area (Å²) in [7, 11) is 1.70. The SMILES string of the molecule is CCOc1nc(N)nc(N(C)[C@@H](C)C(=O)Cc2cccc(Br)c2)c1C#N. The van der Waals surface area contributed by atoms with Crippen molar-refractivity contribution in [2.75, 3.05) is 24.3 Å². The lowest BCUT2D eigenvalue weighted by Crippen LogP contribution is -2.38. The fraction of sp³-hybridized carbons (Fsp3) is 0.333. The number of hydrogen-bond donors (Lipinski definition) is 1. The zero-order chi connectivity index (χ0) is 19.3. The molecule has 0 unspecified atom stereocenters. The summed E-state index contributed by atoms with van der Waals surface area (Å²) in [5.74, 6) is 0.375. The third-order valence-electron chi connectivity index (χ3n) is 3.92. The van der Waals surface area contributed by atoms with E-state index >= 15 is 0 Å². The smallest absolute Gasteiger partial charge is 0.238 e. The topological polar surface area (TPSA) is 105 Å². The van der Waals surface area contributed by atoms with Gasteiger partial charge in [0.1, 0.15) is 6.07 Å². The number of ketones is 1. The number of aromatic nitrogens is 2. The average Bonchev–Trinajstić information content (AvgIpc) is 2.60. The molecule has 0 radical (unpaired) electrons. The van der Waals surface area contributed by atoms with Crippen LogP contribution in [0.25, 0.3) is 0 Å². The minimum Gasteiger partial charge on any atom is -0.477 e. The second-order valence-electron chi connectivity index (χ2n) is 5.69. The van der Waals surface area contributed by atoms with Crippen molar-refractivity contribution in [3.05, 3.63) is 39.9 Å². The highest BCUT2D eigenvalue weighted by molar-refractivity contribution is 9.10. The number of carbonyl (C=O) groups excluding carboxylic acids is 1. The van der Waals surface area contributed by atoms with Crippen LogP contribution in [0.2, 0.25) is 0 Å². The molecule has 0 aliphatic heterocycles. The zero-order valence-corrected chi connectivity index (χ0v) is 16.4. The molecule has 0 saturated heterocycles. The third kappa shape index (κ3) is 4.49. The summed E-state index contributed by atoms with van der Waals surface area (Å²) in [5.41, 5.74) is 6.80. The average molecular weight is 418 g/mol. The zero-order valence-electron chi connectivity index (χ0n) is 14.9. The Kier molecular flexibility index (Phi) is 6.52. The number of ether oxygens (including phenoxy) is 1. The molecule has 0 aliphatic carbocycles. The molecule has 136 valence electrons. The molecule has 2 N–H and O–H groups in total. The summed E-state index contributed by atoms with van der Waals surface area (Å²) in [5, 5.41) is 9.48. The molecular formula is C18H20BrN5O2. The van der Waals surface area contributed by atoms with Crippen molar-refractivity contribution in [3.63, 3.8) is 0 Å².